The number of hydrogen-bond acceptors (Lipinski definition) is 3. The molecule has 2 bridgehead atoms. The third kappa shape index (κ3) is 3.37. The minimum absolute atomic E-state index is 0.0611. The van der Waals surface area contributed by atoms with E-state index in [1.165, 1.54) is 11.1 Å². The first kappa shape index (κ1) is 16.9. The van der Waals surface area contributed by atoms with Gasteiger partial charge in [-0.25, -0.2) is 4.79 Å². The standard InChI is InChI=1S/C22H23NO3/c24-14-16-6-8-18(9-7-16)19-12-20-10-11-21(13-19)23(20)22(25)26-15-17-4-2-1-3-5-17/h1-9,12,20-21,24H,10-11,13-15H2. The van der Waals surface area contributed by atoms with Gasteiger partial charge in [0.1, 0.15) is 6.61 Å². The molecular formula is C22H23NO3. The second kappa shape index (κ2) is 7.34. The summed E-state index contributed by atoms with van der Waals surface area (Å²) in [5.41, 5.74) is 4.38. The number of ether oxygens (including phenoxy) is 1. The number of carbonyl (C=O) groups is 1. The fourth-order valence-electron chi connectivity index (χ4n) is 3.95. The molecule has 1 amide bonds. The summed E-state index contributed by atoms with van der Waals surface area (Å²) in [4.78, 5) is 14.5. The van der Waals surface area contributed by atoms with Gasteiger partial charge in [0, 0.05) is 6.04 Å². The maximum Gasteiger partial charge on any atom is 0.410 e. The predicted molar refractivity (Wildman–Crippen MR) is 100 cm³/mol. The van der Waals surface area contributed by atoms with Gasteiger partial charge in [-0.2, -0.15) is 0 Å². The Balaban J connectivity index is 1.45. The fourth-order valence-corrected chi connectivity index (χ4v) is 3.95. The molecule has 2 aliphatic rings. The second-order valence-corrected chi connectivity index (χ2v) is 7.00. The van der Waals surface area contributed by atoms with E-state index in [9.17, 15) is 9.90 Å². The van der Waals surface area contributed by atoms with Crippen LogP contribution in [0.2, 0.25) is 0 Å². The fraction of sp³-hybridized carbons (Fsp3) is 0.318. The van der Waals surface area contributed by atoms with Crippen LogP contribution in [0.1, 0.15) is 36.0 Å². The summed E-state index contributed by atoms with van der Waals surface area (Å²) in [5, 5.41) is 9.19. The molecule has 1 N–H and O–H groups in total. The highest BCUT2D eigenvalue weighted by Crippen LogP contribution is 2.39. The van der Waals surface area contributed by atoms with Gasteiger partial charge >= 0.3 is 6.09 Å². The summed E-state index contributed by atoms with van der Waals surface area (Å²) < 4.78 is 5.55. The smallest absolute Gasteiger partial charge is 0.410 e. The summed E-state index contributed by atoms with van der Waals surface area (Å²) in [7, 11) is 0. The van der Waals surface area contributed by atoms with Gasteiger partial charge in [0.15, 0.2) is 0 Å². The summed E-state index contributed by atoms with van der Waals surface area (Å²) in [6, 6.07) is 18.1. The highest BCUT2D eigenvalue weighted by molar-refractivity contribution is 5.75. The maximum atomic E-state index is 12.6. The van der Waals surface area contributed by atoms with Crippen molar-refractivity contribution in [2.75, 3.05) is 0 Å². The molecule has 2 heterocycles. The van der Waals surface area contributed by atoms with Gasteiger partial charge in [-0.15, -0.1) is 0 Å². The lowest BCUT2D eigenvalue weighted by atomic mass is 9.94. The van der Waals surface area contributed by atoms with Crippen molar-refractivity contribution in [2.24, 2.45) is 0 Å². The van der Waals surface area contributed by atoms with E-state index in [1.807, 2.05) is 47.4 Å². The van der Waals surface area contributed by atoms with E-state index in [0.717, 1.165) is 30.4 Å². The number of benzene rings is 2. The number of amides is 1. The molecule has 2 unspecified atom stereocenters. The topological polar surface area (TPSA) is 49.8 Å². The average molecular weight is 349 g/mol. The number of rotatable bonds is 4. The Morgan fingerprint density at radius 3 is 2.50 bits per heavy atom. The molecule has 2 aliphatic heterocycles. The zero-order chi connectivity index (χ0) is 17.9. The van der Waals surface area contributed by atoms with E-state index in [2.05, 4.69) is 18.2 Å². The molecule has 134 valence electrons. The van der Waals surface area contributed by atoms with Crippen LogP contribution in [0.4, 0.5) is 4.79 Å². The molecule has 0 spiro atoms. The quantitative estimate of drug-likeness (QED) is 0.903. The average Bonchev–Trinajstić information content (AvgIpc) is 2.96. The Bertz CT molecular complexity index is 798. The Labute approximate surface area is 153 Å². The van der Waals surface area contributed by atoms with Crippen molar-refractivity contribution in [1.82, 2.24) is 4.90 Å². The van der Waals surface area contributed by atoms with Crippen molar-refractivity contribution >= 4 is 11.7 Å². The summed E-state index contributed by atoms with van der Waals surface area (Å²) in [5.74, 6) is 0. The van der Waals surface area contributed by atoms with Crippen LogP contribution in [-0.4, -0.2) is 28.2 Å². The Morgan fingerprint density at radius 1 is 1.04 bits per heavy atom. The molecule has 4 rings (SSSR count). The van der Waals surface area contributed by atoms with E-state index < -0.39 is 0 Å². The molecule has 4 nitrogen and oxygen atoms in total. The molecule has 0 aliphatic carbocycles. The third-order valence-corrected chi connectivity index (χ3v) is 5.32. The van der Waals surface area contributed by atoms with Gasteiger partial charge in [-0.1, -0.05) is 60.7 Å². The predicted octanol–water partition coefficient (Wildman–Crippen LogP) is 4.14. The molecule has 2 aromatic rings. The SMILES string of the molecule is O=C(OCc1ccccc1)N1C2C=C(c3ccc(CO)cc3)CC1CC2. The molecule has 1 saturated heterocycles. The van der Waals surface area contributed by atoms with E-state index >= 15 is 0 Å². The molecule has 2 aromatic carbocycles. The molecule has 4 heteroatoms. The number of aliphatic hydroxyl groups is 1. The van der Waals surface area contributed by atoms with Crippen LogP contribution in [0.5, 0.6) is 0 Å². The molecule has 2 atom stereocenters. The zero-order valence-electron chi connectivity index (χ0n) is 14.7. The highest BCUT2D eigenvalue weighted by Gasteiger charge is 2.40. The summed E-state index contributed by atoms with van der Waals surface area (Å²) >= 11 is 0. The highest BCUT2D eigenvalue weighted by atomic mass is 16.6. The normalized spacial score (nSPS) is 21.4. The zero-order valence-corrected chi connectivity index (χ0v) is 14.7. The van der Waals surface area contributed by atoms with Gasteiger partial charge in [-0.05, 0) is 41.5 Å². The molecule has 26 heavy (non-hydrogen) atoms. The van der Waals surface area contributed by atoms with Crippen LogP contribution in [0.25, 0.3) is 5.57 Å². The van der Waals surface area contributed by atoms with Crippen molar-refractivity contribution in [1.29, 1.82) is 0 Å². The van der Waals surface area contributed by atoms with E-state index in [-0.39, 0.29) is 24.8 Å². The first-order valence-corrected chi connectivity index (χ1v) is 9.14. The van der Waals surface area contributed by atoms with Crippen LogP contribution >= 0.6 is 0 Å². The molecule has 0 aromatic heterocycles. The minimum atomic E-state index is -0.215. The van der Waals surface area contributed by atoms with E-state index in [0.29, 0.717) is 6.61 Å². The maximum absolute atomic E-state index is 12.6. The minimum Gasteiger partial charge on any atom is -0.445 e. The van der Waals surface area contributed by atoms with Crippen LogP contribution in [0, 0.1) is 0 Å². The largest absolute Gasteiger partial charge is 0.445 e. The van der Waals surface area contributed by atoms with Crippen molar-refractivity contribution < 1.29 is 14.6 Å². The lowest BCUT2D eigenvalue weighted by Gasteiger charge is -2.33. The van der Waals surface area contributed by atoms with Gasteiger partial charge < -0.3 is 9.84 Å². The second-order valence-electron chi connectivity index (χ2n) is 7.00. The number of carbonyl (C=O) groups excluding carboxylic acids is 1. The first-order valence-electron chi connectivity index (χ1n) is 9.14. The van der Waals surface area contributed by atoms with E-state index in [1.54, 1.807) is 0 Å². The Hall–Kier alpha value is -2.59. The van der Waals surface area contributed by atoms with E-state index in [4.69, 9.17) is 4.74 Å². The molecular weight excluding hydrogens is 326 g/mol. The van der Waals surface area contributed by atoms with Crippen LogP contribution in [0.3, 0.4) is 0 Å². The third-order valence-electron chi connectivity index (χ3n) is 5.32. The summed E-state index contributed by atoms with van der Waals surface area (Å²) in [6.45, 7) is 0.375. The lowest BCUT2D eigenvalue weighted by molar-refractivity contribution is 0.0832. The van der Waals surface area contributed by atoms with Gasteiger partial charge in [0.2, 0.25) is 0 Å². The van der Waals surface area contributed by atoms with Crippen molar-refractivity contribution in [3.8, 4) is 0 Å². The number of nitrogens with zero attached hydrogens (tertiary/aromatic N) is 1. The Kier molecular flexibility index (Phi) is 4.76. The van der Waals surface area contributed by atoms with Gasteiger partial charge in [0.05, 0.1) is 12.6 Å². The monoisotopic (exact) mass is 349 g/mol. The van der Waals surface area contributed by atoms with Crippen molar-refractivity contribution in [2.45, 2.75) is 44.6 Å². The first-order chi connectivity index (χ1) is 12.7. The number of aliphatic hydroxyl groups excluding tert-OH is 1. The molecule has 1 fully saturated rings. The van der Waals surface area contributed by atoms with Crippen LogP contribution < -0.4 is 0 Å². The molecule has 0 radical (unpaired) electrons. The Morgan fingerprint density at radius 2 is 1.81 bits per heavy atom. The van der Waals surface area contributed by atoms with Crippen molar-refractivity contribution in [3.63, 3.8) is 0 Å². The van der Waals surface area contributed by atoms with Crippen molar-refractivity contribution in [3.05, 3.63) is 77.4 Å². The summed E-state index contributed by atoms with van der Waals surface area (Å²) in [6.07, 6.45) is 4.85. The van der Waals surface area contributed by atoms with Gasteiger partial charge in [-0.3, -0.25) is 4.90 Å². The lowest BCUT2D eigenvalue weighted by Crippen LogP contribution is -2.43. The molecule has 0 saturated carbocycles. The van der Waals surface area contributed by atoms with Gasteiger partial charge in [0.25, 0.3) is 0 Å². The number of hydrogen-bond donors (Lipinski definition) is 1. The van der Waals surface area contributed by atoms with Crippen LogP contribution in [0.15, 0.2) is 60.7 Å². The number of fused-ring (bicyclic) bond motifs is 2. The van der Waals surface area contributed by atoms with Crippen LogP contribution in [-0.2, 0) is 18.0 Å².